The van der Waals surface area contributed by atoms with Crippen LogP contribution >= 0.6 is 0 Å². The van der Waals surface area contributed by atoms with Gasteiger partial charge in [-0.15, -0.1) is 0 Å². The number of nitrogens with one attached hydrogen (secondary N) is 1. The van der Waals surface area contributed by atoms with E-state index in [1.54, 1.807) is 12.1 Å². The topological polar surface area (TPSA) is 15.3 Å². The average Bonchev–Trinajstić information content (AvgIpc) is 3.13. The lowest BCUT2D eigenvalue weighted by molar-refractivity contribution is 0.235. The van der Waals surface area contributed by atoms with Crippen molar-refractivity contribution in [2.24, 2.45) is 0 Å². The van der Waals surface area contributed by atoms with E-state index in [1.807, 2.05) is 0 Å². The third kappa shape index (κ3) is 3.12. The normalized spacial score (nSPS) is 24.0. The van der Waals surface area contributed by atoms with Gasteiger partial charge in [-0.1, -0.05) is 12.1 Å². The van der Waals surface area contributed by atoms with Crippen LogP contribution in [0.15, 0.2) is 18.2 Å². The summed E-state index contributed by atoms with van der Waals surface area (Å²) in [4.78, 5) is 2.27. The lowest BCUT2D eigenvalue weighted by Gasteiger charge is -2.25. The van der Waals surface area contributed by atoms with E-state index in [1.165, 1.54) is 18.9 Å². The number of nitrogens with zero attached hydrogens (tertiary/aromatic N) is 1. The zero-order valence-corrected chi connectivity index (χ0v) is 11.0. The number of likely N-dealkylation sites (tertiary alicyclic amines) is 1. The first-order valence-electron chi connectivity index (χ1n) is 7.14. The molecule has 0 bridgehead atoms. The van der Waals surface area contributed by atoms with Crippen molar-refractivity contribution in [3.05, 3.63) is 35.4 Å². The zero-order chi connectivity index (χ0) is 13.2. The first-order chi connectivity index (χ1) is 9.24. The van der Waals surface area contributed by atoms with Gasteiger partial charge in [0.05, 0.1) is 0 Å². The van der Waals surface area contributed by atoms with Gasteiger partial charge in [-0.05, 0) is 38.3 Å². The fourth-order valence-electron chi connectivity index (χ4n) is 2.81. The number of hydrogen-bond acceptors (Lipinski definition) is 2. The molecule has 3 rings (SSSR count). The standard InChI is InChI=1S/C15H20F2N2/c16-14-5-1-3-11(15(14)17)10-19-8-2-4-13(19)9-18-12-6-7-12/h1,3,5,12-13,18H,2,4,6-10H2. The summed E-state index contributed by atoms with van der Waals surface area (Å²) < 4.78 is 26.9. The Balaban J connectivity index is 1.62. The summed E-state index contributed by atoms with van der Waals surface area (Å²) in [5.41, 5.74) is 0.471. The van der Waals surface area contributed by atoms with Crippen molar-refractivity contribution < 1.29 is 8.78 Å². The van der Waals surface area contributed by atoms with E-state index in [0.29, 0.717) is 24.2 Å². The van der Waals surface area contributed by atoms with Gasteiger partial charge >= 0.3 is 0 Å². The van der Waals surface area contributed by atoms with E-state index < -0.39 is 11.6 Å². The summed E-state index contributed by atoms with van der Waals surface area (Å²) in [6.45, 7) is 2.47. The van der Waals surface area contributed by atoms with Crippen molar-refractivity contribution in [2.45, 2.75) is 44.3 Å². The molecule has 19 heavy (non-hydrogen) atoms. The van der Waals surface area contributed by atoms with Crippen molar-refractivity contribution >= 4 is 0 Å². The van der Waals surface area contributed by atoms with Crippen molar-refractivity contribution in [1.29, 1.82) is 0 Å². The Morgan fingerprint density at radius 2 is 2.05 bits per heavy atom. The molecule has 0 aromatic heterocycles. The van der Waals surface area contributed by atoms with Gasteiger partial charge < -0.3 is 5.32 Å². The van der Waals surface area contributed by atoms with Crippen LogP contribution in [0.2, 0.25) is 0 Å². The molecule has 1 aliphatic carbocycles. The molecule has 4 heteroatoms. The Morgan fingerprint density at radius 3 is 2.84 bits per heavy atom. The van der Waals surface area contributed by atoms with Crippen molar-refractivity contribution in [1.82, 2.24) is 10.2 Å². The summed E-state index contributed by atoms with van der Waals surface area (Å²) in [6.07, 6.45) is 4.86. The van der Waals surface area contributed by atoms with Gasteiger partial charge in [-0.25, -0.2) is 8.78 Å². The maximum absolute atomic E-state index is 13.7. The largest absolute Gasteiger partial charge is 0.312 e. The summed E-state index contributed by atoms with van der Waals surface area (Å²) in [6, 6.07) is 5.61. The number of rotatable bonds is 5. The van der Waals surface area contributed by atoms with Crippen LogP contribution in [-0.2, 0) is 6.54 Å². The van der Waals surface area contributed by atoms with Crippen molar-refractivity contribution in [2.75, 3.05) is 13.1 Å². The molecule has 1 aromatic carbocycles. The van der Waals surface area contributed by atoms with Crippen LogP contribution in [0.5, 0.6) is 0 Å². The Labute approximate surface area is 112 Å². The van der Waals surface area contributed by atoms with E-state index in [-0.39, 0.29) is 0 Å². The Morgan fingerprint density at radius 1 is 1.21 bits per heavy atom. The highest BCUT2D eigenvalue weighted by Gasteiger charge is 2.28. The second-order valence-electron chi connectivity index (χ2n) is 5.66. The molecule has 1 heterocycles. The molecule has 1 saturated carbocycles. The Hall–Kier alpha value is -1.00. The molecule has 0 amide bonds. The van der Waals surface area contributed by atoms with Crippen molar-refractivity contribution in [3.8, 4) is 0 Å². The fraction of sp³-hybridized carbons (Fsp3) is 0.600. The van der Waals surface area contributed by atoms with E-state index >= 15 is 0 Å². The third-order valence-electron chi connectivity index (χ3n) is 4.12. The Bertz CT molecular complexity index is 446. The van der Waals surface area contributed by atoms with E-state index in [2.05, 4.69) is 10.2 Å². The fourth-order valence-corrected chi connectivity index (χ4v) is 2.81. The second kappa shape index (κ2) is 5.55. The molecule has 104 valence electrons. The molecule has 2 nitrogen and oxygen atoms in total. The SMILES string of the molecule is Fc1cccc(CN2CCCC2CNC2CC2)c1F. The van der Waals surface area contributed by atoms with Gasteiger partial charge in [0.1, 0.15) is 0 Å². The van der Waals surface area contributed by atoms with Crippen LogP contribution in [0.3, 0.4) is 0 Å². The maximum Gasteiger partial charge on any atom is 0.163 e. The van der Waals surface area contributed by atoms with E-state index in [0.717, 1.165) is 25.9 Å². The van der Waals surface area contributed by atoms with E-state index in [9.17, 15) is 8.78 Å². The Kier molecular flexibility index (Phi) is 3.80. The molecule has 1 aliphatic heterocycles. The van der Waals surface area contributed by atoms with Gasteiger partial charge in [0, 0.05) is 30.7 Å². The monoisotopic (exact) mass is 266 g/mol. The summed E-state index contributed by atoms with van der Waals surface area (Å²) in [7, 11) is 0. The van der Waals surface area contributed by atoms with Crippen LogP contribution in [0.25, 0.3) is 0 Å². The van der Waals surface area contributed by atoms with Gasteiger partial charge in [-0.2, -0.15) is 0 Å². The highest BCUT2D eigenvalue weighted by atomic mass is 19.2. The molecule has 1 aromatic rings. The van der Waals surface area contributed by atoms with Gasteiger partial charge in [0.2, 0.25) is 0 Å². The molecule has 0 spiro atoms. The molecule has 1 unspecified atom stereocenters. The molecule has 1 atom stereocenters. The highest BCUT2D eigenvalue weighted by molar-refractivity contribution is 5.19. The predicted molar refractivity (Wildman–Crippen MR) is 70.8 cm³/mol. The number of halogens is 2. The average molecular weight is 266 g/mol. The van der Waals surface area contributed by atoms with E-state index in [4.69, 9.17) is 0 Å². The molecule has 0 radical (unpaired) electrons. The minimum atomic E-state index is -0.746. The molecule has 2 fully saturated rings. The lowest BCUT2D eigenvalue weighted by Crippen LogP contribution is -2.38. The minimum absolute atomic E-state index is 0.461. The summed E-state index contributed by atoms with van der Waals surface area (Å²) in [5.74, 6) is -1.44. The number of hydrogen-bond donors (Lipinski definition) is 1. The predicted octanol–water partition coefficient (Wildman–Crippen LogP) is 2.68. The minimum Gasteiger partial charge on any atom is -0.312 e. The second-order valence-corrected chi connectivity index (χ2v) is 5.66. The smallest absolute Gasteiger partial charge is 0.163 e. The third-order valence-corrected chi connectivity index (χ3v) is 4.12. The van der Waals surface area contributed by atoms with Gasteiger partial charge in [0.25, 0.3) is 0 Å². The summed E-state index contributed by atoms with van der Waals surface area (Å²) >= 11 is 0. The maximum atomic E-state index is 13.7. The van der Waals surface area contributed by atoms with Gasteiger partial charge in [-0.3, -0.25) is 4.90 Å². The summed E-state index contributed by atoms with van der Waals surface area (Å²) in [5, 5.41) is 3.53. The molecular weight excluding hydrogens is 246 g/mol. The first-order valence-corrected chi connectivity index (χ1v) is 7.14. The van der Waals surface area contributed by atoms with Crippen molar-refractivity contribution in [3.63, 3.8) is 0 Å². The lowest BCUT2D eigenvalue weighted by atomic mass is 10.1. The molecular formula is C15H20F2N2. The zero-order valence-electron chi connectivity index (χ0n) is 11.0. The molecule has 1 N–H and O–H groups in total. The number of benzene rings is 1. The highest BCUT2D eigenvalue weighted by Crippen LogP contribution is 2.24. The van der Waals surface area contributed by atoms with Crippen LogP contribution in [-0.4, -0.2) is 30.1 Å². The van der Waals surface area contributed by atoms with Crippen LogP contribution in [0.4, 0.5) is 8.78 Å². The van der Waals surface area contributed by atoms with Crippen LogP contribution in [0.1, 0.15) is 31.2 Å². The molecule has 2 aliphatic rings. The van der Waals surface area contributed by atoms with Crippen LogP contribution < -0.4 is 5.32 Å². The van der Waals surface area contributed by atoms with Crippen LogP contribution in [0, 0.1) is 11.6 Å². The van der Waals surface area contributed by atoms with Gasteiger partial charge in [0.15, 0.2) is 11.6 Å². The first kappa shape index (κ1) is 13.0. The quantitative estimate of drug-likeness (QED) is 0.881. The molecule has 1 saturated heterocycles.